The summed E-state index contributed by atoms with van der Waals surface area (Å²) in [6.07, 6.45) is 0. The van der Waals surface area contributed by atoms with Crippen LogP contribution in [0.15, 0.2) is 24.3 Å². The zero-order valence-electron chi connectivity index (χ0n) is 10.5. The summed E-state index contributed by atoms with van der Waals surface area (Å²) in [4.78, 5) is 16.6. The van der Waals surface area contributed by atoms with Gasteiger partial charge in [0.1, 0.15) is 0 Å². The summed E-state index contributed by atoms with van der Waals surface area (Å²) in [5.41, 5.74) is 2.75. The van der Waals surface area contributed by atoms with Crippen molar-refractivity contribution in [3.63, 3.8) is 0 Å². The van der Waals surface area contributed by atoms with Gasteiger partial charge in [-0.1, -0.05) is 34.1 Å². The number of ether oxygens (including phenoxy) is 1. The summed E-state index contributed by atoms with van der Waals surface area (Å²) < 4.78 is 5.10. The molecule has 1 heterocycles. The van der Waals surface area contributed by atoms with E-state index >= 15 is 0 Å². The largest absolute Gasteiger partial charge is 0.462 e. The number of aromatic nitrogens is 1. The number of carbonyl (C=O) groups is 1. The molecule has 2 rings (SSSR count). The molecule has 0 spiro atoms. The van der Waals surface area contributed by atoms with Crippen LogP contribution in [0.1, 0.15) is 28.5 Å². The van der Waals surface area contributed by atoms with Crippen molar-refractivity contribution >= 4 is 44.4 Å². The quantitative estimate of drug-likeness (QED) is 0.621. The van der Waals surface area contributed by atoms with Crippen LogP contribution in [0.3, 0.4) is 0 Å². The van der Waals surface area contributed by atoms with Crippen molar-refractivity contribution in [2.75, 3.05) is 6.61 Å². The molecular formula is C14H13BrClNO2. The minimum atomic E-state index is -0.370. The zero-order chi connectivity index (χ0) is 13.8. The molecule has 0 aliphatic heterocycles. The molecule has 0 saturated carbocycles. The Hall–Kier alpha value is -1.13. The third kappa shape index (κ3) is 2.74. The van der Waals surface area contributed by atoms with Gasteiger partial charge < -0.3 is 4.74 Å². The maximum absolute atomic E-state index is 12.1. The van der Waals surface area contributed by atoms with Crippen LogP contribution in [-0.2, 0) is 15.9 Å². The number of hydrogen-bond donors (Lipinski definition) is 0. The van der Waals surface area contributed by atoms with Crippen LogP contribution in [0, 0.1) is 0 Å². The molecule has 0 N–H and O–H groups in total. The second-order valence-electron chi connectivity index (χ2n) is 3.92. The highest BCUT2D eigenvalue weighted by molar-refractivity contribution is 9.08. The predicted molar refractivity (Wildman–Crippen MR) is 79.9 cm³/mol. The molecule has 100 valence electrons. The monoisotopic (exact) mass is 341 g/mol. The van der Waals surface area contributed by atoms with Crippen molar-refractivity contribution in [1.82, 2.24) is 4.98 Å². The first-order valence-electron chi connectivity index (χ1n) is 5.92. The van der Waals surface area contributed by atoms with Gasteiger partial charge in [-0.3, -0.25) is 4.98 Å². The summed E-state index contributed by atoms with van der Waals surface area (Å²) >= 11 is 9.35. The molecule has 5 heteroatoms. The summed E-state index contributed by atoms with van der Waals surface area (Å²) in [5.74, 6) is -0.190. The van der Waals surface area contributed by atoms with E-state index < -0.39 is 0 Å². The lowest BCUT2D eigenvalue weighted by Crippen LogP contribution is -2.12. The maximum atomic E-state index is 12.1. The molecule has 0 bridgehead atoms. The SMILES string of the molecule is CCOC(=O)c1c(CCl)nc2ccccc2c1CBr. The third-order valence-electron chi connectivity index (χ3n) is 2.81. The number of pyridine rings is 1. The van der Waals surface area contributed by atoms with E-state index in [1.165, 1.54) is 0 Å². The molecule has 3 nitrogen and oxygen atoms in total. The standard InChI is InChI=1S/C14H13BrClNO2/c1-2-19-14(18)13-10(7-15)9-5-3-4-6-11(9)17-12(13)8-16/h3-6H,2,7-8H2,1H3. The first kappa shape index (κ1) is 14.3. The Morgan fingerprint density at radius 3 is 2.79 bits per heavy atom. The number of benzene rings is 1. The third-order valence-corrected chi connectivity index (χ3v) is 3.63. The van der Waals surface area contributed by atoms with Gasteiger partial charge >= 0.3 is 5.97 Å². The number of para-hydroxylation sites is 1. The maximum Gasteiger partial charge on any atom is 0.340 e. The van der Waals surface area contributed by atoms with Crippen molar-refractivity contribution in [3.8, 4) is 0 Å². The predicted octanol–water partition coefficient (Wildman–Crippen LogP) is 4.05. The van der Waals surface area contributed by atoms with Crippen LogP contribution in [0.2, 0.25) is 0 Å². The number of fused-ring (bicyclic) bond motifs is 1. The first-order chi connectivity index (χ1) is 9.22. The van der Waals surface area contributed by atoms with Crippen LogP contribution in [-0.4, -0.2) is 17.6 Å². The van der Waals surface area contributed by atoms with E-state index in [1.54, 1.807) is 6.92 Å². The molecule has 0 atom stereocenters. The highest BCUT2D eigenvalue weighted by atomic mass is 79.9. The van der Waals surface area contributed by atoms with Crippen LogP contribution in [0.4, 0.5) is 0 Å². The average molecular weight is 343 g/mol. The van der Waals surface area contributed by atoms with Gasteiger partial charge in [-0.25, -0.2) is 4.79 Å². The van der Waals surface area contributed by atoms with Gasteiger partial charge in [0, 0.05) is 10.7 Å². The van der Waals surface area contributed by atoms with Gasteiger partial charge in [0.05, 0.1) is 29.3 Å². The number of hydrogen-bond acceptors (Lipinski definition) is 3. The number of nitrogens with zero attached hydrogens (tertiary/aromatic N) is 1. The van der Waals surface area contributed by atoms with Gasteiger partial charge in [0.2, 0.25) is 0 Å². The van der Waals surface area contributed by atoms with Crippen LogP contribution >= 0.6 is 27.5 Å². The minimum absolute atomic E-state index is 0.180. The van der Waals surface area contributed by atoms with Gasteiger partial charge in [-0.05, 0) is 18.6 Å². The normalized spacial score (nSPS) is 10.7. The van der Waals surface area contributed by atoms with Crippen LogP contribution < -0.4 is 0 Å². The fourth-order valence-electron chi connectivity index (χ4n) is 2.02. The van der Waals surface area contributed by atoms with E-state index in [4.69, 9.17) is 16.3 Å². The lowest BCUT2D eigenvalue weighted by atomic mass is 10.0. The van der Waals surface area contributed by atoms with E-state index in [1.807, 2.05) is 24.3 Å². The van der Waals surface area contributed by atoms with Gasteiger partial charge in [0.25, 0.3) is 0 Å². The van der Waals surface area contributed by atoms with Gasteiger partial charge in [-0.2, -0.15) is 0 Å². The highest BCUT2D eigenvalue weighted by Crippen LogP contribution is 2.27. The molecule has 0 unspecified atom stereocenters. The van der Waals surface area contributed by atoms with E-state index in [2.05, 4.69) is 20.9 Å². The summed E-state index contributed by atoms with van der Waals surface area (Å²) in [5, 5.41) is 1.49. The second-order valence-corrected chi connectivity index (χ2v) is 4.74. The van der Waals surface area contributed by atoms with Gasteiger partial charge in [0.15, 0.2) is 0 Å². The van der Waals surface area contributed by atoms with Crippen LogP contribution in [0.5, 0.6) is 0 Å². The second kappa shape index (κ2) is 6.35. The lowest BCUT2D eigenvalue weighted by molar-refractivity contribution is 0.0524. The zero-order valence-corrected chi connectivity index (χ0v) is 12.8. The van der Waals surface area contributed by atoms with Crippen molar-refractivity contribution in [3.05, 3.63) is 41.1 Å². The van der Waals surface area contributed by atoms with Crippen LogP contribution in [0.25, 0.3) is 10.9 Å². The van der Waals surface area contributed by atoms with Crippen molar-refractivity contribution in [1.29, 1.82) is 0 Å². The molecular weight excluding hydrogens is 330 g/mol. The van der Waals surface area contributed by atoms with Gasteiger partial charge in [-0.15, -0.1) is 11.6 Å². The number of alkyl halides is 2. The lowest BCUT2D eigenvalue weighted by Gasteiger charge is -2.13. The molecule has 0 saturated heterocycles. The van der Waals surface area contributed by atoms with E-state index in [-0.39, 0.29) is 11.8 Å². The number of carbonyl (C=O) groups excluding carboxylic acids is 1. The molecule has 0 radical (unpaired) electrons. The van der Waals surface area contributed by atoms with E-state index in [0.29, 0.717) is 23.2 Å². The summed E-state index contributed by atoms with van der Waals surface area (Å²) in [7, 11) is 0. The Bertz CT molecular complexity index is 616. The minimum Gasteiger partial charge on any atom is -0.462 e. The Morgan fingerprint density at radius 1 is 1.42 bits per heavy atom. The number of rotatable bonds is 4. The first-order valence-corrected chi connectivity index (χ1v) is 7.58. The Balaban J connectivity index is 2.75. The molecule has 19 heavy (non-hydrogen) atoms. The molecule has 1 aromatic carbocycles. The fraction of sp³-hybridized carbons (Fsp3) is 0.286. The van der Waals surface area contributed by atoms with E-state index in [0.717, 1.165) is 16.5 Å². The summed E-state index contributed by atoms with van der Waals surface area (Å²) in [6.45, 7) is 2.11. The Morgan fingerprint density at radius 2 is 2.16 bits per heavy atom. The molecule has 2 aromatic rings. The van der Waals surface area contributed by atoms with Crippen molar-refractivity contribution < 1.29 is 9.53 Å². The smallest absolute Gasteiger partial charge is 0.340 e. The number of esters is 1. The molecule has 0 aliphatic carbocycles. The van der Waals surface area contributed by atoms with Crippen molar-refractivity contribution in [2.45, 2.75) is 18.1 Å². The highest BCUT2D eigenvalue weighted by Gasteiger charge is 2.20. The molecule has 1 aromatic heterocycles. The fourth-order valence-corrected chi connectivity index (χ4v) is 2.79. The summed E-state index contributed by atoms with van der Waals surface area (Å²) in [6, 6.07) is 7.69. The topological polar surface area (TPSA) is 39.2 Å². The Labute approximate surface area is 125 Å². The molecule has 0 fully saturated rings. The van der Waals surface area contributed by atoms with Crippen molar-refractivity contribution in [2.24, 2.45) is 0 Å². The Kier molecular flexibility index (Phi) is 4.77. The molecule has 0 amide bonds. The average Bonchev–Trinajstić information content (AvgIpc) is 2.45. The van der Waals surface area contributed by atoms with E-state index in [9.17, 15) is 4.79 Å². The number of halogens is 2. The molecule has 0 aliphatic rings.